The van der Waals surface area contributed by atoms with E-state index in [0.29, 0.717) is 23.0 Å². The second-order valence-corrected chi connectivity index (χ2v) is 5.35. The zero-order valence-corrected chi connectivity index (χ0v) is 9.80. The van der Waals surface area contributed by atoms with E-state index in [0.717, 1.165) is 18.4 Å². The minimum absolute atomic E-state index is 0.140. The van der Waals surface area contributed by atoms with Crippen molar-refractivity contribution in [1.82, 2.24) is 5.32 Å². The Morgan fingerprint density at radius 2 is 1.88 bits per heavy atom. The molecule has 2 fully saturated rings. The van der Waals surface area contributed by atoms with Crippen LogP contribution in [0.15, 0.2) is 18.2 Å². The van der Waals surface area contributed by atoms with Crippen LogP contribution in [0.5, 0.6) is 0 Å². The lowest BCUT2D eigenvalue weighted by Gasteiger charge is -2.30. The summed E-state index contributed by atoms with van der Waals surface area (Å²) in [5, 5.41) is 4.15. The maximum Gasteiger partial charge on any atom is 0.128 e. The smallest absolute Gasteiger partial charge is 0.128 e. The van der Waals surface area contributed by atoms with Gasteiger partial charge in [-0.3, -0.25) is 0 Å². The standard InChI is InChI=1S/C13H15ClFN/c14-11-2-1-3-12(15)13(11)8-6-9-4-5-10(7-8)16-9/h1-3,8-10,16H,4-7H2. The highest BCUT2D eigenvalue weighted by molar-refractivity contribution is 6.31. The molecule has 0 spiro atoms. The number of halogens is 2. The third kappa shape index (κ3) is 1.74. The first-order valence-corrected chi connectivity index (χ1v) is 6.32. The van der Waals surface area contributed by atoms with E-state index >= 15 is 0 Å². The van der Waals surface area contributed by atoms with E-state index in [1.54, 1.807) is 12.1 Å². The number of hydrogen-bond donors (Lipinski definition) is 1. The Morgan fingerprint density at radius 3 is 2.50 bits per heavy atom. The summed E-state index contributed by atoms with van der Waals surface area (Å²) in [4.78, 5) is 0. The molecule has 3 rings (SSSR count). The van der Waals surface area contributed by atoms with Crippen molar-refractivity contribution >= 4 is 11.6 Å². The number of rotatable bonds is 1. The molecular formula is C13H15ClFN. The van der Waals surface area contributed by atoms with Gasteiger partial charge in [-0.1, -0.05) is 17.7 Å². The summed E-state index contributed by atoms with van der Waals surface area (Å²) in [5.41, 5.74) is 0.738. The molecule has 1 aromatic carbocycles. The zero-order chi connectivity index (χ0) is 11.1. The minimum atomic E-state index is -0.140. The number of fused-ring (bicyclic) bond motifs is 2. The van der Waals surface area contributed by atoms with Crippen LogP contribution >= 0.6 is 11.6 Å². The fourth-order valence-corrected chi connectivity index (χ4v) is 3.51. The van der Waals surface area contributed by atoms with Crippen molar-refractivity contribution in [2.24, 2.45) is 0 Å². The molecule has 16 heavy (non-hydrogen) atoms. The number of piperidine rings is 1. The van der Waals surface area contributed by atoms with Crippen LogP contribution < -0.4 is 5.32 Å². The molecule has 0 radical (unpaired) electrons. The lowest BCUT2D eigenvalue weighted by molar-refractivity contribution is 0.356. The maximum absolute atomic E-state index is 13.8. The fraction of sp³-hybridized carbons (Fsp3) is 0.538. The largest absolute Gasteiger partial charge is 0.311 e. The highest BCUT2D eigenvalue weighted by Crippen LogP contribution is 2.40. The average molecular weight is 240 g/mol. The molecule has 0 amide bonds. The van der Waals surface area contributed by atoms with Crippen LogP contribution in [0.1, 0.15) is 37.2 Å². The first kappa shape index (κ1) is 10.5. The Kier molecular flexibility index (Phi) is 2.64. The Morgan fingerprint density at radius 1 is 1.19 bits per heavy atom. The topological polar surface area (TPSA) is 12.0 Å². The normalized spacial score (nSPS) is 33.0. The molecule has 1 nitrogen and oxygen atoms in total. The molecule has 2 aliphatic heterocycles. The van der Waals surface area contributed by atoms with Crippen molar-refractivity contribution < 1.29 is 4.39 Å². The van der Waals surface area contributed by atoms with Crippen molar-refractivity contribution in [3.05, 3.63) is 34.6 Å². The van der Waals surface area contributed by atoms with Crippen molar-refractivity contribution in [1.29, 1.82) is 0 Å². The lowest BCUT2D eigenvalue weighted by atomic mass is 9.86. The van der Waals surface area contributed by atoms with Crippen molar-refractivity contribution in [2.75, 3.05) is 0 Å². The van der Waals surface area contributed by atoms with E-state index in [2.05, 4.69) is 5.32 Å². The molecule has 2 heterocycles. The van der Waals surface area contributed by atoms with Gasteiger partial charge in [0.15, 0.2) is 0 Å². The third-order valence-electron chi connectivity index (χ3n) is 3.88. The van der Waals surface area contributed by atoms with Gasteiger partial charge in [0, 0.05) is 22.7 Å². The zero-order valence-electron chi connectivity index (χ0n) is 9.05. The van der Waals surface area contributed by atoms with E-state index < -0.39 is 0 Å². The highest BCUT2D eigenvalue weighted by atomic mass is 35.5. The summed E-state index contributed by atoms with van der Waals surface area (Å²) < 4.78 is 13.8. The minimum Gasteiger partial charge on any atom is -0.311 e. The SMILES string of the molecule is Fc1cccc(Cl)c1C1CC2CCC(C1)N2. The first-order valence-electron chi connectivity index (χ1n) is 5.94. The molecule has 2 unspecified atom stereocenters. The van der Waals surface area contributed by atoms with E-state index in [9.17, 15) is 4.39 Å². The van der Waals surface area contributed by atoms with Crippen LogP contribution in [0, 0.1) is 5.82 Å². The van der Waals surface area contributed by atoms with Gasteiger partial charge in [-0.25, -0.2) is 4.39 Å². The third-order valence-corrected chi connectivity index (χ3v) is 4.21. The molecule has 1 aromatic rings. The fourth-order valence-electron chi connectivity index (χ4n) is 3.19. The summed E-state index contributed by atoms with van der Waals surface area (Å²) in [6.45, 7) is 0. The molecule has 0 aliphatic carbocycles. The maximum atomic E-state index is 13.8. The molecule has 2 atom stereocenters. The summed E-state index contributed by atoms with van der Waals surface area (Å²) in [6.07, 6.45) is 4.51. The summed E-state index contributed by atoms with van der Waals surface area (Å²) >= 11 is 6.12. The quantitative estimate of drug-likeness (QED) is 0.791. The monoisotopic (exact) mass is 239 g/mol. The molecule has 2 aliphatic rings. The molecule has 0 aromatic heterocycles. The predicted octanol–water partition coefficient (Wildman–Crippen LogP) is 3.48. The summed E-state index contributed by atoms with van der Waals surface area (Å²) in [6, 6.07) is 6.13. The Bertz CT molecular complexity index is 375. The lowest BCUT2D eigenvalue weighted by Crippen LogP contribution is -2.37. The van der Waals surface area contributed by atoms with Crippen LogP contribution in [-0.2, 0) is 0 Å². The van der Waals surface area contributed by atoms with E-state index in [1.807, 2.05) is 0 Å². The first-order chi connectivity index (χ1) is 7.74. The van der Waals surface area contributed by atoms with Crippen molar-refractivity contribution in [3.63, 3.8) is 0 Å². The van der Waals surface area contributed by atoms with Gasteiger partial charge in [-0.15, -0.1) is 0 Å². The van der Waals surface area contributed by atoms with Crippen molar-refractivity contribution in [2.45, 2.75) is 43.7 Å². The predicted molar refractivity (Wildman–Crippen MR) is 63.3 cm³/mol. The molecule has 86 valence electrons. The van der Waals surface area contributed by atoms with Gasteiger partial charge < -0.3 is 5.32 Å². The molecule has 1 N–H and O–H groups in total. The number of hydrogen-bond acceptors (Lipinski definition) is 1. The van der Waals surface area contributed by atoms with Gasteiger partial charge in [0.25, 0.3) is 0 Å². The molecular weight excluding hydrogens is 225 g/mol. The van der Waals surface area contributed by atoms with Crippen molar-refractivity contribution in [3.8, 4) is 0 Å². The Balaban J connectivity index is 1.92. The van der Waals surface area contributed by atoms with Gasteiger partial charge in [-0.2, -0.15) is 0 Å². The number of nitrogens with one attached hydrogen (secondary N) is 1. The second kappa shape index (κ2) is 4.01. The number of benzene rings is 1. The van der Waals surface area contributed by atoms with Gasteiger partial charge in [0.2, 0.25) is 0 Å². The Labute approximate surface area is 100.0 Å². The van der Waals surface area contributed by atoms with Crippen LogP contribution in [-0.4, -0.2) is 12.1 Å². The van der Waals surface area contributed by atoms with E-state index in [4.69, 9.17) is 11.6 Å². The summed E-state index contributed by atoms with van der Waals surface area (Å²) in [5.74, 6) is 0.159. The van der Waals surface area contributed by atoms with Gasteiger partial charge >= 0.3 is 0 Å². The molecule has 2 bridgehead atoms. The average Bonchev–Trinajstić information content (AvgIpc) is 2.58. The van der Waals surface area contributed by atoms with Crippen LogP contribution in [0.3, 0.4) is 0 Å². The molecule has 2 saturated heterocycles. The van der Waals surface area contributed by atoms with E-state index in [-0.39, 0.29) is 5.82 Å². The van der Waals surface area contributed by atoms with Crippen LogP contribution in [0.4, 0.5) is 4.39 Å². The Hall–Kier alpha value is -0.600. The molecule has 0 saturated carbocycles. The van der Waals surface area contributed by atoms with Gasteiger partial charge in [0.1, 0.15) is 5.82 Å². The van der Waals surface area contributed by atoms with Crippen LogP contribution in [0.25, 0.3) is 0 Å². The highest BCUT2D eigenvalue weighted by Gasteiger charge is 2.35. The summed E-state index contributed by atoms with van der Waals surface area (Å²) in [7, 11) is 0. The van der Waals surface area contributed by atoms with Crippen LogP contribution in [0.2, 0.25) is 5.02 Å². The molecule has 3 heteroatoms. The van der Waals surface area contributed by atoms with Gasteiger partial charge in [-0.05, 0) is 43.7 Å². The second-order valence-electron chi connectivity index (χ2n) is 4.94. The van der Waals surface area contributed by atoms with Gasteiger partial charge in [0.05, 0.1) is 0 Å². The van der Waals surface area contributed by atoms with E-state index in [1.165, 1.54) is 18.9 Å².